The number of nitrogens with zero attached hydrogens (tertiary/aromatic N) is 4. The van der Waals surface area contributed by atoms with E-state index in [-0.39, 0.29) is 23.3 Å². The molecule has 0 bridgehead atoms. The van der Waals surface area contributed by atoms with Crippen LogP contribution >= 0.6 is 23.8 Å². The lowest BCUT2D eigenvalue weighted by Gasteiger charge is -2.25. The molecule has 1 fully saturated rings. The lowest BCUT2D eigenvalue weighted by Crippen LogP contribution is -2.34. The molecule has 2 aromatic rings. The van der Waals surface area contributed by atoms with Crippen molar-refractivity contribution >= 4 is 28.8 Å². The SMILES string of the molecule is Cn1nc(C(F)(F)F)c(C(=S)N(Cc2ncc(C(F)(F)F)cc2Cl)C2CC2)c1F. The molecule has 3 rings (SSSR count). The standard InChI is InChI=1S/C16H12ClF7N4S/c1-27-13(18)11(12(26-27)16(22,23)24)14(29)28(8-2-3-8)6-10-9(17)4-7(5-25-10)15(19,20)21/h4-5,8H,2-3,6H2,1H3. The minimum Gasteiger partial charge on any atom is -0.353 e. The second kappa shape index (κ2) is 7.38. The van der Waals surface area contributed by atoms with Gasteiger partial charge in [0.15, 0.2) is 5.69 Å². The van der Waals surface area contributed by atoms with Crippen LogP contribution in [0.3, 0.4) is 0 Å². The summed E-state index contributed by atoms with van der Waals surface area (Å²) in [5, 5.41) is 2.84. The summed E-state index contributed by atoms with van der Waals surface area (Å²) in [4.78, 5) is 4.51. The zero-order chi connectivity index (χ0) is 21.7. The highest BCUT2D eigenvalue weighted by Gasteiger charge is 2.43. The predicted octanol–water partition coefficient (Wildman–Crippen LogP) is 4.99. The van der Waals surface area contributed by atoms with Crippen LogP contribution in [0.2, 0.25) is 5.02 Å². The van der Waals surface area contributed by atoms with E-state index in [1.165, 1.54) is 4.90 Å². The van der Waals surface area contributed by atoms with Gasteiger partial charge in [-0.05, 0) is 18.9 Å². The number of aryl methyl sites for hydroxylation is 1. The average Bonchev–Trinajstić information content (AvgIpc) is 3.38. The van der Waals surface area contributed by atoms with E-state index in [1.54, 1.807) is 0 Å². The number of aromatic nitrogens is 3. The molecule has 0 unspecified atom stereocenters. The van der Waals surface area contributed by atoms with Gasteiger partial charge in [0.25, 0.3) is 0 Å². The summed E-state index contributed by atoms with van der Waals surface area (Å²) in [6.45, 7) is -0.272. The second-order valence-corrected chi connectivity index (χ2v) is 7.24. The zero-order valence-corrected chi connectivity index (χ0v) is 16.1. The van der Waals surface area contributed by atoms with Crippen LogP contribution in [0.5, 0.6) is 0 Å². The normalized spacial score (nSPS) is 14.9. The summed E-state index contributed by atoms with van der Waals surface area (Å²) in [5.74, 6) is -1.26. The van der Waals surface area contributed by atoms with Crippen molar-refractivity contribution in [1.29, 1.82) is 0 Å². The Morgan fingerprint density at radius 3 is 2.34 bits per heavy atom. The molecule has 1 saturated carbocycles. The number of hydrogen-bond donors (Lipinski definition) is 0. The molecule has 0 aromatic carbocycles. The van der Waals surface area contributed by atoms with Crippen molar-refractivity contribution in [1.82, 2.24) is 19.7 Å². The zero-order valence-electron chi connectivity index (χ0n) is 14.6. The number of rotatable bonds is 4. The van der Waals surface area contributed by atoms with Crippen molar-refractivity contribution < 1.29 is 30.7 Å². The number of alkyl halides is 6. The van der Waals surface area contributed by atoms with Gasteiger partial charge in [0.1, 0.15) is 4.99 Å². The Hall–Kier alpha value is -1.95. The van der Waals surface area contributed by atoms with Crippen molar-refractivity contribution in [2.45, 2.75) is 37.8 Å². The quantitative estimate of drug-likeness (QED) is 0.476. The maximum atomic E-state index is 14.4. The molecule has 29 heavy (non-hydrogen) atoms. The van der Waals surface area contributed by atoms with Crippen molar-refractivity contribution in [3.8, 4) is 0 Å². The third-order valence-electron chi connectivity index (χ3n) is 4.27. The molecule has 1 aliphatic carbocycles. The minimum atomic E-state index is -4.94. The Labute approximate surface area is 170 Å². The summed E-state index contributed by atoms with van der Waals surface area (Å²) in [6.07, 6.45) is -7.88. The van der Waals surface area contributed by atoms with Crippen LogP contribution in [0.15, 0.2) is 12.3 Å². The van der Waals surface area contributed by atoms with Gasteiger partial charge in [-0.25, -0.2) is 4.68 Å². The first-order valence-electron chi connectivity index (χ1n) is 8.13. The molecule has 0 N–H and O–H groups in total. The predicted molar refractivity (Wildman–Crippen MR) is 92.7 cm³/mol. The van der Waals surface area contributed by atoms with E-state index in [0.29, 0.717) is 29.8 Å². The monoisotopic (exact) mass is 460 g/mol. The molecule has 2 heterocycles. The lowest BCUT2D eigenvalue weighted by atomic mass is 10.2. The maximum Gasteiger partial charge on any atom is 0.435 e. The van der Waals surface area contributed by atoms with Crippen LogP contribution in [0.4, 0.5) is 30.7 Å². The van der Waals surface area contributed by atoms with Crippen molar-refractivity contribution in [2.75, 3.05) is 0 Å². The van der Waals surface area contributed by atoms with Crippen LogP contribution in [-0.2, 0) is 25.9 Å². The number of thiocarbonyl (C=S) groups is 1. The highest BCUT2D eigenvalue weighted by Crippen LogP contribution is 2.37. The molecule has 1 aliphatic rings. The first-order chi connectivity index (χ1) is 13.3. The summed E-state index contributed by atoms with van der Waals surface area (Å²) in [7, 11) is 1.01. The van der Waals surface area contributed by atoms with E-state index in [4.69, 9.17) is 23.8 Å². The molecule has 0 radical (unpaired) electrons. The fourth-order valence-electron chi connectivity index (χ4n) is 2.69. The van der Waals surface area contributed by atoms with Gasteiger partial charge < -0.3 is 4.90 Å². The minimum absolute atomic E-state index is 0.0215. The fourth-order valence-corrected chi connectivity index (χ4v) is 3.31. The molecule has 2 aromatic heterocycles. The number of hydrogen-bond acceptors (Lipinski definition) is 3. The molecule has 0 saturated heterocycles. The average molecular weight is 461 g/mol. The van der Waals surface area contributed by atoms with Gasteiger partial charge in [-0.1, -0.05) is 23.8 Å². The summed E-state index contributed by atoms with van der Waals surface area (Å²) >= 11 is 11.0. The second-order valence-electron chi connectivity index (χ2n) is 6.45. The van der Waals surface area contributed by atoms with E-state index in [0.717, 1.165) is 7.05 Å². The Morgan fingerprint density at radius 2 is 1.86 bits per heavy atom. The maximum absolute atomic E-state index is 14.4. The van der Waals surface area contributed by atoms with Crippen molar-refractivity contribution in [3.63, 3.8) is 0 Å². The van der Waals surface area contributed by atoms with E-state index < -0.39 is 40.1 Å². The van der Waals surface area contributed by atoms with Crippen molar-refractivity contribution in [2.24, 2.45) is 7.05 Å². The largest absolute Gasteiger partial charge is 0.435 e. The Morgan fingerprint density at radius 1 is 1.24 bits per heavy atom. The van der Waals surface area contributed by atoms with Gasteiger partial charge in [0, 0.05) is 19.3 Å². The Kier molecular flexibility index (Phi) is 5.54. The molecule has 0 spiro atoms. The van der Waals surface area contributed by atoms with Crippen LogP contribution in [0, 0.1) is 5.95 Å². The molecule has 158 valence electrons. The van der Waals surface area contributed by atoms with E-state index in [9.17, 15) is 30.7 Å². The number of halogens is 8. The van der Waals surface area contributed by atoms with Gasteiger partial charge >= 0.3 is 12.4 Å². The van der Waals surface area contributed by atoms with Crippen LogP contribution in [-0.4, -0.2) is 30.7 Å². The molecule has 0 amide bonds. The van der Waals surface area contributed by atoms with Crippen LogP contribution < -0.4 is 0 Å². The molecule has 0 atom stereocenters. The fraction of sp³-hybridized carbons (Fsp3) is 0.438. The Bertz CT molecular complexity index is 950. The molecule has 13 heteroatoms. The summed E-state index contributed by atoms with van der Waals surface area (Å²) in [5.41, 5.74) is -3.44. The molecule has 0 aliphatic heterocycles. The summed E-state index contributed by atoms with van der Waals surface area (Å²) < 4.78 is 92.9. The highest BCUT2D eigenvalue weighted by atomic mass is 35.5. The Balaban J connectivity index is 1.96. The molecular weight excluding hydrogens is 449 g/mol. The van der Waals surface area contributed by atoms with E-state index in [2.05, 4.69) is 10.1 Å². The third-order valence-corrected chi connectivity index (χ3v) is 5.04. The van der Waals surface area contributed by atoms with Crippen molar-refractivity contribution in [3.05, 3.63) is 45.7 Å². The van der Waals surface area contributed by atoms with E-state index >= 15 is 0 Å². The first-order valence-corrected chi connectivity index (χ1v) is 8.91. The smallest absolute Gasteiger partial charge is 0.353 e. The van der Waals surface area contributed by atoms with Gasteiger partial charge in [-0.3, -0.25) is 4.98 Å². The third kappa shape index (κ3) is 4.47. The van der Waals surface area contributed by atoms with Gasteiger partial charge in [0.05, 0.1) is 28.4 Å². The van der Waals surface area contributed by atoms with Crippen LogP contribution in [0.1, 0.15) is 35.4 Å². The van der Waals surface area contributed by atoms with Gasteiger partial charge in [-0.2, -0.15) is 35.8 Å². The van der Waals surface area contributed by atoms with Crippen LogP contribution in [0.25, 0.3) is 0 Å². The lowest BCUT2D eigenvalue weighted by molar-refractivity contribution is -0.141. The number of pyridine rings is 1. The topological polar surface area (TPSA) is 34.0 Å². The van der Waals surface area contributed by atoms with E-state index in [1.807, 2.05) is 0 Å². The molecular formula is C16H12ClF7N4S. The highest BCUT2D eigenvalue weighted by molar-refractivity contribution is 7.80. The molecule has 4 nitrogen and oxygen atoms in total. The summed E-state index contributed by atoms with van der Waals surface area (Å²) in [6, 6.07) is 0.368. The van der Waals surface area contributed by atoms with Gasteiger partial charge in [0.2, 0.25) is 5.95 Å². The first kappa shape index (κ1) is 21.8. The van der Waals surface area contributed by atoms with Gasteiger partial charge in [-0.15, -0.1) is 0 Å².